The third kappa shape index (κ3) is 3.30. The number of rotatable bonds is 2. The molecular formula is C10H6F3NO3S. The van der Waals surface area contributed by atoms with Crippen molar-refractivity contribution in [2.45, 2.75) is 10.4 Å². The molecule has 0 saturated heterocycles. The van der Waals surface area contributed by atoms with Gasteiger partial charge in [-0.1, -0.05) is 0 Å². The molecule has 96 valence electrons. The summed E-state index contributed by atoms with van der Waals surface area (Å²) in [6.45, 7) is 0. The van der Waals surface area contributed by atoms with E-state index in [0.29, 0.717) is 0 Å². The van der Waals surface area contributed by atoms with Crippen molar-refractivity contribution in [2.75, 3.05) is 7.11 Å². The number of hydrogen-bond donors (Lipinski definition) is 1. The van der Waals surface area contributed by atoms with E-state index in [2.05, 4.69) is 4.74 Å². The summed E-state index contributed by atoms with van der Waals surface area (Å²) in [5.41, 5.74) is -5.42. The number of ether oxygens (including phenoxy) is 1. The van der Waals surface area contributed by atoms with Crippen molar-refractivity contribution in [1.82, 2.24) is 0 Å². The summed E-state index contributed by atoms with van der Waals surface area (Å²) >= 11 is -0.554. The predicted octanol–water partition coefficient (Wildman–Crippen LogP) is 2.66. The number of phenolic OH excluding ortho intramolecular Hbond substituents is 1. The van der Waals surface area contributed by atoms with Crippen LogP contribution in [0.4, 0.5) is 13.2 Å². The first-order chi connectivity index (χ1) is 8.28. The number of carbonyl (C=O) groups is 1. The molecule has 0 atom stereocenters. The van der Waals surface area contributed by atoms with Gasteiger partial charge in [0.15, 0.2) is 0 Å². The van der Waals surface area contributed by atoms with Crippen LogP contribution in [-0.2, 0) is 4.74 Å². The molecule has 8 heteroatoms. The van der Waals surface area contributed by atoms with Crippen LogP contribution in [0.2, 0.25) is 0 Å². The lowest BCUT2D eigenvalue weighted by Gasteiger charge is -2.11. The standard InChI is InChI=1S/C10H6F3NO3S/c1-17-9(16)6-3-7(15)5(4-14)2-8(6)18-10(11,12)13/h2-3,15H,1H3. The summed E-state index contributed by atoms with van der Waals surface area (Å²) in [5, 5.41) is 17.9. The number of phenols is 1. The minimum absolute atomic E-state index is 0.352. The summed E-state index contributed by atoms with van der Waals surface area (Å²) in [7, 11) is 1.000. The van der Waals surface area contributed by atoms with E-state index in [1.54, 1.807) is 0 Å². The number of thioether (sulfide) groups is 1. The van der Waals surface area contributed by atoms with Crippen LogP contribution in [0.15, 0.2) is 17.0 Å². The first-order valence-electron chi connectivity index (χ1n) is 4.39. The first kappa shape index (κ1) is 14.2. The molecule has 0 fully saturated rings. The van der Waals surface area contributed by atoms with Gasteiger partial charge in [0.05, 0.1) is 18.2 Å². The van der Waals surface area contributed by atoms with Gasteiger partial charge in [-0.2, -0.15) is 18.4 Å². The SMILES string of the molecule is COC(=O)c1cc(O)c(C#N)cc1SC(F)(F)F. The topological polar surface area (TPSA) is 70.3 Å². The van der Waals surface area contributed by atoms with Gasteiger partial charge in [0.2, 0.25) is 0 Å². The third-order valence-corrected chi connectivity index (χ3v) is 2.64. The maximum Gasteiger partial charge on any atom is 0.446 e. The molecule has 0 aliphatic heterocycles. The zero-order chi connectivity index (χ0) is 13.9. The van der Waals surface area contributed by atoms with Gasteiger partial charge < -0.3 is 9.84 Å². The average molecular weight is 277 g/mol. The van der Waals surface area contributed by atoms with Gasteiger partial charge in [-0.15, -0.1) is 0 Å². The van der Waals surface area contributed by atoms with Crippen LogP contribution < -0.4 is 0 Å². The normalized spacial score (nSPS) is 10.8. The van der Waals surface area contributed by atoms with E-state index < -0.39 is 39.4 Å². The van der Waals surface area contributed by atoms with E-state index >= 15 is 0 Å². The predicted molar refractivity (Wildman–Crippen MR) is 56.1 cm³/mol. The number of carbonyl (C=O) groups excluding carboxylic acids is 1. The molecule has 0 aliphatic rings. The van der Waals surface area contributed by atoms with Crippen molar-refractivity contribution >= 4 is 17.7 Å². The van der Waals surface area contributed by atoms with Gasteiger partial charge in [0.1, 0.15) is 11.8 Å². The second kappa shape index (κ2) is 5.18. The highest BCUT2D eigenvalue weighted by molar-refractivity contribution is 8.00. The molecule has 1 N–H and O–H groups in total. The molecule has 0 aromatic heterocycles. The van der Waals surface area contributed by atoms with Crippen LogP contribution in [0.25, 0.3) is 0 Å². The summed E-state index contributed by atoms with van der Waals surface area (Å²) in [4.78, 5) is 10.8. The lowest BCUT2D eigenvalue weighted by molar-refractivity contribution is -0.0328. The Morgan fingerprint density at radius 2 is 2.11 bits per heavy atom. The van der Waals surface area contributed by atoms with Gasteiger partial charge in [0.25, 0.3) is 0 Å². The highest BCUT2D eigenvalue weighted by Gasteiger charge is 2.32. The number of alkyl halides is 3. The maximum absolute atomic E-state index is 12.3. The Balaban J connectivity index is 3.36. The maximum atomic E-state index is 12.3. The second-order valence-corrected chi connectivity index (χ2v) is 4.12. The van der Waals surface area contributed by atoms with Crippen LogP contribution in [0, 0.1) is 11.3 Å². The van der Waals surface area contributed by atoms with E-state index in [9.17, 15) is 23.1 Å². The monoisotopic (exact) mass is 277 g/mol. The van der Waals surface area contributed by atoms with E-state index in [-0.39, 0.29) is 5.56 Å². The number of methoxy groups -OCH3 is 1. The minimum atomic E-state index is -4.62. The Morgan fingerprint density at radius 3 is 2.56 bits per heavy atom. The largest absolute Gasteiger partial charge is 0.507 e. The van der Waals surface area contributed by atoms with E-state index in [4.69, 9.17) is 5.26 Å². The van der Waals surface area contributed by atoms with Crippen molar-refractivity contribution in [1.29, 1.82) is 5.26 Å². The third-order valence-electron chi connectivity index (χ3n) is 1.85. The fourth-order valence-electron chi connectivity index (χ4n) is 1.14. The van der Waals surface area contributed by atoms with Crippen molar-refractivity contribution in [3.8, 4) is 11.8 Å². The van der Waals surface area contributed by atoms with E-state index in [1.165, 1.54) is 6.07 Å². The van der Waals surface area contributed by atoms with Crippen molar-refractivity contribution < 1.29 is 27.8 Å². The molecule has 0 bridgehead atoms. The zero-order valence-electron chi connectivity index (χ0n) is 8.91. The van der Waals surface area contributed by atoms with Crippen LogP contribution >= 0.6 is 11.8 Å². The molecule has 18 heavy (non-hydrogen) atoms. The number of hydrogen-bond acceptors (Lipinski definition) is 5. The number of halogens is 3. The van der Waals surface area contributed by atoms with Crippen molar-refractivity contribution in [3.63, 3.8) is 0 Å². The van der Waals surface area contributed by atoms with Gasteiger partial charge in [0, 0.05) is 4.90 Å². The lowest BCUT2D eigenvalue weighted by atomic mass is 10.1. The molecule has 1 rings (SSSR count). The Labute approximate surface area is 104 Å². The summed E-state index contributed by atoms with van der Waals surface area (Å²) < 4.78 is 41.2. The van der Waals surface area contributed by atoms with Crippen LogP contribution in [0.3, 0.4) is 0 Å². The fourth-order valence-corrected chi connectivity index (χ4v) is 1.81. The molecule has 0 radical (unpaired) electrons. The molecule has 0 spiro atoms. The van der Waals surface area contributed by atoms with Crippen molar-refractivity contribution in [2.24, 2.45) is 0 Å². The summed E-state index contributed by atoms with van der Waals surface area (Å²) in [6, 6.07) is 3.09. The van der Waals surface area contributed by atoms with Crippen molar-refractivity contribution in [3.05, 3.63) is 23.3 Å². The molecule has 1 aromatic carbocycles. The van der Waals surface area contributed by atoms with Crippen LogP contribution in [0.1, 0.15) is 15.9 Å². The van der Waals surface area contributed by atoms with Gasteiger partial charge in [-0.3, -0.25) is 0 Å². The quantitative estimate of drug-likeness (QED) is 0.664. The molecule has 4 nitrogen and oxygen atoms in total. The van der Waals surface area contributed by atoms with Gasteiger partial charge >= 0.3 is 11.5 Å². The number of nitriles is 1. The van der Waals surface area contributed by atoms with Gasteiger partial charge in [-0.25, -0.2) is 4.79 Å². The molecule has 0 saturated carbocycles. The zero-order valence-corrected chi connectivity index (χ0v) is 9.72. The second-order valence-electron chi connectivity index (χ2n) is 3.02. The highest BCUT2D eigenvalue weighted by Crippen LogP contribution is 2.40. The average Bonchev–Trinajstić information content (AvgIpc) is 2.28. The lowest BCUT2D eigenvalue weighted by Crippen LogP contribution is -2.07. The van der Waals surface area contributed by atoms with E-state index in [1.807, 2.05) is 0 Å². The van der Waals surface area contributed by atoms with E-state index in [0.717, 1.165) is 19.2 Å². The highest BCUT2D eigenvalue weighted by atomic mass is 32.2. The number of aromatic hydroxyl groups is 1. The number of nitrogens with zero attached hydrogens (tertiary/aromatic N) is 1. The Bertz CT molecular complexity index is 522. The Morgan fingerprint density at radius 1 is 1.50 bits per heavy atom. The molecule has 0 aliphatic carbocycles. The fraction of sp³-hybridized carbons (Fsp3) is 0.200. The molecular weight excluding hydrogens is 271 g/mol. The first-order valence-corrected chi connectivity index (χ1v) is 5.21. The van der Waals surface area contributed by atoms with Crippen LogP contribution in [-0.4, -0.2) is 23.7 Å². The smallest absolute Gasteiger partial charge is 0.446 e. The number of esters is 1. The minimum Gasteiger partial charge on any atom is -0.507 e. The van der Waals surface area contributed by atoms with Crippen LogP contribution in [0.5, 0.6) is 5.75 Å². The molecule has 0 heterocycles. The molecule has 0 amide bonds. The summed E-state index contributed by atoms with van der Waals surface area (Å²) in [5.74, 6) is -1.61. The number of benzene rings is 1. The Kier molecular flexibility index (Phi) is 4.08. The summed E-state index contributed by atoms with van der Waals surface area (Å²) in [6.07, 6.45) is 0. The molecule has 0 unspecified atom stereocenters. The Hall–Kier alpha value is -1.88. The van der Waals surface area contributed by atoms with Gasteiger partial charge in [-0.05, 0) is 23.9 Å². The molecule has 1 aromatic rings.